The third kappa shape index (κ3) is 5.94. The molecule has 0 aliphatic carbocycles. The van der Waals surface area contributed by atoms with Gasteiger partial charge in [-0.15, -0.1) is 0 Å². The third-order valence-corrected chi connectivity index (χ3v) is 5.37. The van der Waals surface area contributed by atoms with E-state index in [2.05, 4.69) is 5.32 Å². The van der Waals surface area contributed by atoms with Gasteiger partial charge in [-0.25, -0.2) is 0 Å². The second kappa shape index (κ2) is 10.6. The lowest BCUT2D eigenvalue weighted by molar-refractivity contribution is -0.132. The van der Waals surface area contributed by atoms with Gasteiger partial charge in [-0.05, 0) is 42.2 Å². The molecule has 158 valence electrons. The van der Waals surface area contributed by atoms with Crippen molar-refractivity contribution in [2.24, 2.45) is 5.92 Å². The number of nitrogens with one attached hydrogen (secondary N) is 1. The maximum absolute atomic E-state index is 12.5. The van der Waals surface area contributed by atoms with Gasteiger partial charge in [0.15, 0.2) is 0 Å². The summed E-state index contributed by atoms with van der Waals surface area (Å²) in [4.78, 5) is 26.6. The number of likely N-dealkylation sites (tertiary alicyclic amines) is 1. The zero-order valence-electron chi connectivity index (χ0n) is 17.2. The number of aliphatic hydroxyl groups is 1. The molecular weight excluding hydrogens is 380 g/mol. The van der Waals surface area contributed by atoms with Crippen LogP contribution in [0, 0.1) is 5.92 Å². The summed E-state index contributed by atoms with van der Waals surface area (Å²) in [6.07, 6.45) is 3.86. The summed E-state index contributed by atoms with van der Waals surface area (Å²) in [5, 5.41) is 13.1. The largest absolute Gasteiger partial charge is 0.497 e. The minimum absolute atomic E-state index is 0.0346. The van der Waals surface area contributed by atoms with Crippen LogP contribution in [0.3, 0.4) is 0 Å². The second-order valence-corrected chi connectivity index (χ2v) is 7.38. The number of piperidine rings is 1. The van der Waals surface area contributed by atoms with Gasteiger partial charge in [0, 0.05) is 31.6 Å². The van der Waals surface area contributed by atoms with Crippen molar-refractivity contribution in [2.45, 2.75) is 18.9 Å². The first-order chi connectivity index (χ1) is 14.6. The van der Waals surface area contributed by atoms with E-state index in [0.29, 0.717) is 25.9 Å². The second-order valence-electron chi connectivity index (χ2n) is 7.38. The minimum Gasteiger partial charge on any atom is -0.497 e. The van der Waals surface area contributed by atoms with Gasteiger partial charge < -0.3 is 20.1 Å². The molecule has 6 nitrogen and oxygen atoms in total. The van der Waals surface area contributed by atoms with E-state index in [0.717, 1.165) is 16.9 Å². The van der Waals surface area contributed by atoms with E-state index in [1.165, 1.54) is 0 Å². The van der Waals surface area contributed by atoms with Crippen molar-refractivity contribution >= 4 is 17.9 Å². The van der Waals surface area contributed by atoms with E-state index >= 15 is 0 Å². The molecule has 0 bridgehead atoms. The molecule has 2 N–H and O–H groups in total. The fraction of sp³-hybridized carbons (Fsp3) is 0.333. The molecule has 1 atom stereocenters. The van der Waals surface area contributed by atoms with Gasteiger partial charge in [-0.2, -0.15) is 0 Å². The molecule has 0 saturated carbocycles. The molecule has 1 saturated heterocycles. The third-order valence-electron chi connectivity index (χ3n) is 5.37. The van der Waals surface area contributed by atoms with Crippen LogP contribution in [0.25, 0.3) is 6.08 Å². The summed E-state index contributed by atoms with van der Waals surface area (Å²) in [6.45, 7) is 1.26. The Morgan fingerprint density at radius 3 is 2.43 bits per heavy atom. The lowest BCUT2D eigenvalue weighted by atomic mass is 9.95. The molecule has 2 aromatic rings. The van der Waals surface area contributed by atoms with Crippen LogP contribution in [0.2, 0.25) is 0 Å². The molecule has 3 rings (SSSR count). The van der Waals surface area contributed by atoms with E-state index in [1.807, 2.05) is 36.4 Å². The Morgan fingerprint density at radius 1 is 1.13 bits per heavy atom. The molecule has 2 amide bonds. The highest BCUT2D eigenvalue weighted by Gasteiger charge is 2.26. The van der Waals surface area contributed by atoms with Crippen LogP contribution >= 0.6 is 0 Å². The van der Waals surface area contributed by atoms with Gasteiger partial charge in [0.1, 0.15) is 5.75 Å². The Bertz CT molecular complexity index is 857. The zero-order chi connectivity index (χ0) is 21.3. The molecule has 30 heavy (non-hydrogen) atoms. The highest BCUT2D eigenvalue weighted by molar-refractivity contribution is 5.92. The maximum Gasteiger partial charge on any atom is 0.246 e. The first kappa shape index (κ1) is 21.6. The number of aliphatic hydroxyl groups excluding tert-OH is 1. The van der Waals surface area contributed by atoms with E-state index in [-0.39, 0.29) is 24.3 Å². The quantitative estimate of drug-likeness (QED) is 0.691. The maximum atomic E-state index is 12.5. The summed E-state index contributed by atoms with van der Waals surface area (Å²) in [5.41, 5.74) is 1.71. The Kier molecular flexibility index (Phi) is 7.63. The summed E-state index contributed by atoms with van der Waals surface area (Å²) in [6, 6.07) is 16.8. The first-order valence-electron chi connectivity index (χ1n) is 10.2. The van der Waals surface area contributed by atoms with Gasteiger partial charge in [-0.1, -0.05) is 42.5 Å². The molecule has 1 aliphatic heterocycles. The lowest BCUT2D eigenvalue weighted by Gasteiger charge is -2.30. The predicted octanol–water partition coefficient (Wildman–Crippen LogP) is 2.80. The van der Waals surface area contributed by atoms with Crippen LogP contribution in [0.4, 0.5) is 0 Å². The van der Waals surface area contributed by atoms with Crippen molar-refractivity contribution in [1.82, 2.24) is 10.2 Å². The number of carbonyl (C=O) groups excluding carboxylic acids is 2. The molecular formula is C24H28N2O4. The molecule has 0 aromatic heterocycles. The summed E-state index contributed by atoms with van der Waals surface area (Å²) in [5.74, 6) is 0.465. The normalized spacial score (nSPS) is 15.7. The monoisotopic (exact) mass is 408 g/mol. The number of nitrogens with zero attached hydrogens (tertiary/aromatic N) is 1. The minimum atomic E-state index is -0.773. The number of ether oxygens (including phenoxy) is 1. The number of methoxy groups -OCH3 is 1. The van der Waals surface area contributed by atoms with Crippen molar-refractivity contribution in [1.29, 1.82) is 0 Å². The molecule has 2 aromatic carbocycles. The van der Waals surface area contributed by atoms with E-state index < -0.39 is 6.10 Å². The average Bonchev–Trinajstić information content (AvgIpc) is 2.81. The van der Waals surface area contributed by atoms with Crippen molar-refractivity contribution in [3.05, 3.63) is 71.8 Å². The molecule has 0 spiro atoms. The number of hydrogen-bond acceptors (Lipinski definition) is 4. The van der Waals surface area contributed by atoms with Crippen LogP contribution in [0.15, 0.2) is 60.7 Å². The summed E-state index contributed by atoms with van der Waals surface area (Å²) >= 11 is 0. The van der Waals surface area contributed by atoms with Gasteiger partial charge in [-0.3, -0.25) is 9.59 Å². The Morgan fingerprint density at radius 2 is 1.80 bits per heavy atom. The number of hydrogen-bond donors (Lipinski definition) is 2. The van der Waals surface area contributed by atoms with E-state index in [1.54, 1.807) is 42.4 Å². The molecule has 6 heteroatoms. The van der Waals surface area contributed by atoms with Crippen LogP contribution in [0.1, 0.15) is 30.1 Å². The van der Waals surface area contributed by atoms with Crippen LogP contribution in [-0.4, -0.2) is 48.6 Å². The Labute approximate surface area is 177 Å². The van der Waals surface area contributed by atoms with Crippen molar-refractivity contribution in [2.75, 3.05) is 26.7 Å². The van der Waals surface area contributed by atoms with Gasteiger partial charge in [0.25, 0.3) is 0 Å². The SMILES string of the molecule is COc1ccc(C(O)CNC(=O)C2CCN(C(=O)/C=C/c3ccccc3)CC2)cc1. The molecule has 1 unspecified atom stereocenters. The predicted molar refractivity (Wildman–Crippen MR) is 116 cm³/mol. The molecule has 0 radical (unpaired) electrons. The number of rotatable bonds is 7. The summed E-state index contributed by atoms with van der Waals surface area (Å²) in [7, 11) is 1.59. The smallest absolute Gasteiger partial charge is 0.246 e. The van der Waals surface area contributed by atoms with Gasteiger partial charge >= 0.3 is 0 Å². The van der Waals surface area contributed by atoms with Gasteiger partial charge in [0.2, 0.25) is 11.8 Å². The van der Waals surface area contributed by atoms with Crippen molar-refractivity contribution < 1.29 is 19.4 Å². The molecule has 1 aliphatic rings. The topological polar surface area (TPSA) is 78.9 Å². The fourth-order valence-corrected chi connectivity index (χ4v) is 3.48. The van der Waals surface area contributed by atoms with Crippen molar-refractivity contribution in [3.63, 3.8) is 0 Å². The van der Waals surface area contributed by atoms with E-state index in [4.69, 9.17) is 4.74 Å². The van der Waals surface area contributed by atoms with Gasteiger partial charge in [0.05, 0.1) is 13.2 Å². The first-order valence-corrected chi connectivity index (χ1v) is 10.2. The number of amides is 2. The molecule has 1 fully saturated rings. The van der Waals surface area contributed by atoms with Crippen LogP contribution in [-0.2, 0) is 9.59 Å². The highest BCUT2D eigenvalue weighted by Crippen LogP contribution is 2.20. The molecule has 1 heterocycles. The lowest BCUT2D eigenvalue weighted by Crippen LogP contribution is -2.43. The van der Waals surface area contributed by atoms with E-state index in [9.17, 15) is 14.7 Å². The van der Waals surface area contributed by atoms with Crippen molar-refractivity contribution in [3.8, 4) is 5.75 Å². The highest BCUT2D eigenvalue weighted by atomic mass is 16.5. The average molecular weight is 408 g/mol. The standard InChI is InChI=1S/C24H28N2O4/c1-30-21-10-8-19(9-11-21)22(27)17-25-24(29)20-13-15-26(16-14-20)23(28)12-7-18-5-3-2-4-6-18/h2-12,20,22,27H,13-17H2,1H3,(H,25,29)/b12-7+. The van der Waals surface area contributed by atoms with Crippen LogP contribution < -0.4 is 10.1 Å². The Balaban J connectivity index is 1.42. The Hall–Kier alpha value is -3.12. The fourth-order valence-electron chi connectivity index (χ4n) is 3.48. The zero-order valence-corrected chi connectivity index (χ0v) is 17.2. The van der Waals surface area contributed by atoms with Crippen LogP contribution in [0.5, 0.6) is 5.75 Å². The summed E-state index contributed by atoms with van der Waals surface area (Å²) < 4.78 is 5.11. The number of benzene rings is 2. The number of carbonyl (C=O) groups is 2.